The van der Waals surface area contributed by atoms with Crippen LogP contribution >= 0.6 is 0 Å². The van der Waals surface area contributed by atoms with Gasteiger partial charge in [0.1, 0.15) is 0 Å². The predicted molar refractivity (Wildman–Crippen MR) is 67.1 cm³/mol. The van der Waals surface area contributed by atoms with Gasteiger partial charge in [-0.05, 0) is 38.8 Å². The van der Waals surface area contributed by atoms with Crippen molar-refractivity contribution in [3.05, 3.63) is 0 Å². The van der Waals surface area contributed by atoms with Gasteiger partial charge in [-0.25, -0.2) is 0 Å². The SMILES string of the molecule is CCCC1(C(=O)O)CCN(CCCCOC)C1. The summed E-state index contributed by atoms with van der Waals surface area (Å²) in [5.41, 5.74) is -0.476. The maximum Gasteiger partial charge on any atom is 0.310 e. The van der Waals surface area contributed by atoms with Crippen molar-refractivity contribution in [2.24, 2.45) is 5.41 Å². The molecule has 1 unspecified atom stereocenters. The number of hydrogen-bond donors (Lipinski definition) is 1. The van der Waals surface area contributed by atoms with Gasteiger partial charge in [0.2, 0.25) is 0 Å². The highest BCUT2D eigenvalue weighted by Gasteiger charge is 2.43. The molecule has 0 aromatic rings. The second kappa shape index (κ2) is 6.97. The normalized spacial score (nSPS) is 25.3. The third-order valence-corrected chi connectivity index (χ3v) is 3.69. The molecule has 1 saturated heterocycles. The Morgan fingerprint density at radius 1 is 1.47 bits per heavy atom. The van der Waals surface area contributed by atoms with Gasteiger partial charge < -0.3 is 14.7 Å². The van der Waals surface area contributed by atoms with E-state index < -0.39 is 11.4 Å². The molecule has 0 radical (unpaired) electrons. The first-order valence-electron chi connectivity index (χ1n) is 6.59. The molecule has 4 heteroatoms. The average molecular weight is 243 g/mol. The zero-order valence-electron chi connectivity index (χ0n) is 11.1. The van der Waals surface area contributed by atoms with Crippen molar-refractivity contribution in [2.45, 2.75) is 39.0 Å². The number of likely N-dealkylation sites (tertiary alicyclic amines) is 1. The smallest absolute Gasteiger partial charge is 0.310 e. The number of methoxy groups -OCH3 is 1. The number of aliphatic carboxylic acids is 1. The zero-order valence-corrected chi connectivity index (χ0v) is 11.1. The van der Waals surface area contributed by atoms with Crippen LogP contribution in [0.2, 0.25) is 0 Å². The third kappa shape index (κ3) is 3.96. The van der Waals surface area contributed by atoms with Crippen LogP contribution in [-0.4, -0.2) is 49.3 Å². The van der Waals surface area contributed by atoms with E-state index in [-0.39, 0.29) is 0 Å². The largest absolute Gasteiger partial charge is 0.481 e. The quantitative estimate of drug-likeness (QED) is 0.662. The highest BCUT2D eigenvalue weighted by Crippen LogP contribution is 2.35. The lowest BCUT2D eigenvalue weighted by Crippen LogP contribution is -2.34. The number of rotatable bonds is 8. The molecule has 1 atom stereocenters. The summed E-state index contributed by atoms with van der Waals surface area (Å²) < 4.78 is 5.01. The molecule has 0 amide bonds. The Bertz CT molecular complexity index is 245. The zero-order chi connectivity index (χ0) is 12.7. The minimum Gasteiger partial charge on any atom is -0.481 e. The monoisotopic (exact) mass is 243 g/mol. The van der Waals surface area contributed by atoms with E-state index >= 15 is 0 Å². The van der Waals surface area contributed by atoms with Gasteiger partial charge in [0, 0.05) is 20.3 Å². The predicted octanol–water partition coefficient (Wildman–Crippen LogP) is 1.99. The Labute approximate surface area is 104 Å². The first-order chi connectivity index (χ1) is 8.14. The molecule has 0 aromatic carbocycles. The summed E-state index contributed by atoms with van der Waals surface area (Å²) in [6, 6.07) is 0. The highest BCUT2D eigenvalue weighted by atomic mass is 16.5. The number of carboxylic acids is 1. The Morgan fingerprint density at radius 3 is 2.82 bits per heavy atom. The van der Waals surface area contributed by atoms with Crippen LogP contribution < -0.4 is 0 Å². The lowest BCUT2D eigenvalue weighted by molar-refractivity contribution is -0.148. The molecule has 1 rings (SSSR count). The van der Waals surface area contributed by atoms with Gasteiger partial charge in [-0.1, -0.05) is 13.3 Å². The summed E-state index contributed by atoms with van der Waals surface area (Å²) in [5, 5.41) is 9.38. The fraction of sp³-hybridized carbons (Fsp3) is 0.923. The van der Waals surface area contributed by atoms with E-state index in [1.807, 2.05) is 0 Å². The van der Waals surface area contributed by atoms with Gasteiger partial charge in [0.25, 0.3) is 0 Å². The molecule has 1 fully saturated rings. The fourth-order valence-electron chi connectivity index (χ4n) is 2.70. The van der Waals surface area contributed by atoms with Crippen molar-refractivity contribution < 1.29 is 14.6 Å². The van der Waals surface area contributed by atoms with Gasteiger partial charge in [0.15, 0.2) is 0 Å². The lowest BCUT2D eigenvalue weighted by atomic mass is 9.83. The van der Waals surface area contributed by atoms with Crippen LogP contribution in [0.1, 0.15) is 39.0 Å². The minimum absolute atomic E-state index is 0.476. The molecular weight excluding hydrogens is 218 g/mol. The van der Waals surface area contributed by atoms with Crippen molar-refractivity contribution in [3.8, 4) is 0 Å². The van der Waals surface area contributed by atoms with Crippen molar-refractivity contribution >= 4 is 5.97 Å². The van der Waals surface area contributed by atoms with Crippen LogP contribution in [0, 0.1) is 5.41 Å². The van der Waals surface area contributed by atoms with E-state index in [1.54, 1.807) is 7.11 Å². The van der Waals surface area contributed by atoms with Crippen molar-refractivity contribution in [2.75, 3.05) is 33.4 Å². The third-order valence-electron chi connectivity index (χ3n) is 3.69. The number of carbonyl (C=O) groups is 1. The number of ether oxygens (including phenoxy) is 1. The summed E-state index contributed by atoms with van der Waals surface area (Å²) in [4.78, 5) is 13.7. The van der Waals surface area contributed by atoms with Crippen molar-refractivity contribution in [3.63, 3.8) is 0 Å². The Kier molecular flexibility index (Phi) is 5.92. The molecule has 0 bridgehead atoms. The maximum atomic E-state index is 11.4. The first-order valence-corrected chi connectivity index (χ1v) is 6.59. The Hall–Kier alpha value is -0.610. The standard InChI is InChI=1S/C13H25NO3/c1-3-6-13(12(15)16)7-9-14(11-13)8-4-5-10-17-2/h3-11H2,1-2H3,(H,15,16). The number of unbranched alkanes of at least 4 members (excludes halogenated alkanes) is 1. The number of hydrogen-bond acceptors (Lipinski definition) is 3. The molecule has 1 aliphatic rings. The average Bonchev–Trinajstić information content (AvgIpc) is 2.70. The van der Waals surface area contributed by atoms with Crippen LogP contribution in [0.4, 0.5) is 0 Å². The van der Waals surface area contributed by atoms with Crippen LogP contribution in [-0.2, 0) is 9.53 Å². The molecule has 0 spiro atoms. The Balaban J connectivity index is 2.35. The molecule has 4 nitrogen and oxygen atoms in total. The summed E-state index contributed by atoms with van der Waals surface area (Å²) in [6.45, 7) is 5.52. The van der Waals surface area contributed by atoms with Gasteiger partial charge in [0.05, 0.1) is 5.41 Å². The van der Waals surface area contributed by atoms with Crippen LogP contribution in [0.15, 0.2) is 0 Å². The number of carboxylic acid groups (broad SMARTS) is 1. The summed E-state index contributed by atoms with van der Waals surface area (Å²) in [6.07, 6.45) is 4.71. The van der Waals surface area contributed by atoms with Crippen molar-refractivity contribution in [1.82, 2.24) is 4.90 Å². The molecule has 1 aliphatic heterocycles. The highest BCUT2D eigenvalue weighted by molar-refractivity contribution is 5.75. The van der Waals surface area contributed by atoms with E-state index in [9.17, 15) is 9.90 Å². The van der Waals surface area contributed by atoms with Crippen molar-refractivity contribution in [1.29, 1.82) is 0 Å². The number of nitrogens with zero attached hydrogens (tertiary/aromatic N) is 1. The molecule has 1 heterocycles. The molecule has 17 heavy (non-hydrogen) atoms. The maximum absolute atomic E-state index is 11.4. The molecule has 0 saturated carbocycles. The molecule has 1 N–H and O–H groups in total. The molecule has 0 aromatic heterocycles. The Morgan fingerprint density at radius 2 is 2.24 bits per heavy atom. The van der Waals surface area contributed by atoms with Gasteiger partial charge in [-0.2, -0.15) is 0 Å². The topological polar surface area (TPSA) is 49.8 Å². The van der Waals surface area contributed by atoms with Crippen LogP contribution in [0.5, 0.6) is 0 Å². The summed E-state index contributed by atoms with van der Waals surface area (Å²) in [7, 11) is 1.71. The van der Waals surface area contributed by atoms with Crippen LogP contribution in [0.3, 0.4) is 0 Å². The van der Waals surface area contributed by atoms with E-state index in [1.165, 1.54) is 0 Å². The minimum atomic E-state index is -0.612. The van der Waals surface area contributed by atoms with Gasteiger partial charge >= 0.3 is 5.97 Å². The first kappa shape index (κ1) is 14.5. The fourth-order valence-corrected chi connectivity index (χ4v) is 2.70. The van der Waals surface area contributed by atoms with E-state index in [4.69, 9.17) is 4.74 Å². The summed E-state index contributed by atoms with van der Waals surface area (Å²) >= 11 is 0. The summed E-state index contributed by atoms with van der Waals surface area (Å²) in [5.74, 6) is -0.612. The second-order valence-electron chi connectivity index (χ2n) is 5.06. The second-order valence-corrected chi connectivity index (χ2v) is 5.06. The van der Waals surface area contributed by atoms with Gasteiger partial charge in [-0.3, -0.25) is 4.79 Å². The van der Waals surface area contributed by atoms with Crippen LogP contribution in [0.25, 0.3) is 0 Å². The van der Waals surface area contributed by atoms with E-state index in [0.717, 1.165) is 58.3 Å². The lowest BCUT2D eigenvalue weighted by Gasteiger charge is -2.24. The van der Waals surface area contributed by atoms with E-state index in [0.29, 0.717) is 0 Å². The molecule has 100 valence electrons. The van der Waals surface area contributed by atoms with E-state index in [2.05, 4.69) is 11.8 Å². The molecular formula is C13H25NO3. The van der Waals surface area contributed by atoms with Gasteiger partial charge in [-0.15, -0.1) is 0 Å². The molecule has 0 aliphatic carbocycles.